The summed E-state index contributed by atoms with van der Waals surface area (Å²) in [7, 11) is -2.39. The average molecular weight is 514 g/mol. The van der Waals surface area contributed by atoms with Crippen LogP contribution in [0.3, 0.4) is 0 Å². The van der Waals surface area contributed by atoms with Crippen LogP contribution in [-0.4, -0.2) is 41.7 Å². The normalized spacial score (nSPS) is 14.2. The highest BCUT2D eigenvalue weighted by Gasteiger charge is 2.39. The molecule has 0 N–H and O–H groups in total. The molecule has 3 heterocycles. The molecule has 4 rings (SSSR count). The fourth-order valence-electron chi connectivity index (χ4n) is 3.21. The molecule has 3 aromatic heterocycles. The summed E-state index contributed by atoms with van der Waals surface area (Å²) in [5.41, 5.74) is 1.07. The van der Waals surface area contributed by atoms with Gasteiger partial charge in [-0.3, -0.25) is 9.29 Å². The number of hydrogen-bond acceptors (Lipinski definition) is 7. The minimum atomic E-state index is -4.72. The lowest BCUT2D eigenvalue weighted by Gasteiger charge is -2.21. The van der Waals surface area contributed by atoms with E-state index < -0.39 is 22.0 Å². The van der Waals surface area contributed by atoms with Gasteiger partial charge in [0.1, 0.15) is 5.69 Å². The maximum absolute atomic E-state index is 13.3. The number of sulfonamides is 1. The van der Waals surface area contributed by atoms with Crippen LogP contribution in [0.5, 0.6) is 11.6 Å². The van der Waals surface area contributed by atoms with E-state index in [1.807, 2.05) is 0 Å². The van der Waals surface area contributed by atoms with Crippen LogP contribution in [0, 0.1) is 6.92 Å². The van der Waals surface area contributed by atoms with Crippen molar-refractivity contribution >= 4 is 27.3 Å². The standard InChI is InChI=1S/C21H19ClF3N5O3S/c1-11-18(17(12-4-5-12)29-20(27-11)21(23,24)25)33-19-16(30(2)34(3,31)32)7-6-15(28-19)13-8-14(22)10-26-9-13/h6-10,12H,4-5H2,1-3H3. The number of halogens is 4. The zero-order valence-electron chi connectivity index (χ0n) is 18.3. The number of aryl methyl sites for hydroxylation is 1. The van der Waals surface area contributed by atoms with Crippen LogP contribution < -0.4 is 9.04 Å². The van der Waals surface area contributed by atoms with Crippen molar-refractivity contribution in [3.8, 4) is 22.9 Å². The molecule has 3 aromatic rings. The Labute approximate surface area is 198 Å². The smallest absolute Gasteiger partial charge is 0.433 e. The number of rotatable bonds is 6. The predicted molar refractivity (Wildman–Crippen MR) is 120 cm³/mol. The fraction of sp³-hybridized carbons (Fsp3) is 0.333. The first-order chi connectivity index (χ1) is 15.8. The monoisotopic (exact) mass is 513 g/mol. The molecule has 0 aromatic carbocycles. The first-order valence-electron chi connectivity index (χ1n) is 10.0. The van der Waals surface area contributed by atoms with Gasteiger partial charge in [0, 0.05) is 30.9 Å². The molecule has 8 nitrogen and oxygen atoms in total. The summed E-state index contributed by atoms with van der Waals surface area (Å²) in [6, 6.07) is 4.66. The van der Waals surface area contributed by atoms with Gasteiger partial charge in [0.05, 0.1) is 28.4 Å². The second kappa shape index (κ2) is 8.66. The van der Waals surface area contributed by atoms with E-state index in [9.17, 15) is 21.6 Å². The van der Waals surface area contributed by atoms with E-state index in [4.69, 9.17) is 16.3 Å². The topological polar surface area (TPSA) is 98.2 Å². The first kappa shape index (κ1) is 24.1. The summed E-state index contributed by atoms with van der Waals surface area (Å²) in [5, 5.41) is 0.363. The second-order valence-corrected chi connectivity index (χ2v) is 10.3. The zero-order valence-corrected chi connectivity index (χ0v) is 19.8. The van der Waals surface area contributed by atoms with Crippen molar-refractivity contribution < 1.29 is 26.3 Å². The van der Waals surface area contributed by atoms with Gasteiger partial charge in [-0.1, -0.05) is 11.6 Å². The summed E-state index contributed by atoms with van der Waals surface area (Å²) in [6.45, 7) is 1.38. The van der Waals surface area contributed by atoms with E-state index in [2.05, 4.69) is 19.9 Å². The average Bonchev–Trinajstić information content (AvgIpc) is 3.58. The first-order valence-corrected chi connectivity index (χ1v) is 12.3. The Bertz CT molecular complexity index is 1360. The third kappa shape index (κ3) is 5.07. The molecule has 0 saturated heterocycles. The van der Waals surface area contributed by atoms with Crippen LogP contribution in [0.2, 0.25) is 5.02 Å². The summed E-state index contributed by atoms with van der Waals surface area (Å²) in [6.07, 6.45) is 0.558. The Morgan fingerprint density at radius 1 is 1.15 bits per heavy atom. The van der Waals surface area contributed by atoms with Crippen molar-refractivity contribution in [2.45, 2.75) is 31.9 Å². The van der Waals surface area contributed by atoms with Crippen molar-refractivity contribution in [1.82, 2.24) is 19.9 Å². The number of anilines is 1. The van der Waals surface area contributed by atoms with Gasteiger partial charge in [0.15, 0.2) is 5.75 Å². The van der Waals surface area contributed by atoms with E-state index >= 15 is 0 Å². The molecule has 1 aliphatic carbocycles. The lowest BCUT2D eigenvalue weighted by Crippen LogP contribution is -2.25. The molecule has 0 amide bonds. The molecule has 0 unspecified atom stereocenters. The molecule has 0 spiro atoms. The van der Waals surface area contributed by atoms with E-state index in [1.54, 1.807) is 12.1 Å². The highest BCUT2D eigenvalue weighted by molar-refractivity contribution is 7.92. The summed E-state index contributed by atoms with van der Waals surface area (Å²) < 4.78 is 71.3. The van der Waals surface area contributed by atoms with Gasteiger partial charge in [0.25, 0.3) is 0 Å². The second-order valence-electron chi connectivity index (χ2n) is 7.86. The number of aromatic nitrogens is 4. The summed E-state index contributed by atoms with van der Waals surface area (Å²) >= 11 is 6.02. The van der Waals surface area contributed by atoms with Crippen LogP contribution >= 0.6 is 11.6 Å². The highest BCUT2D eigenvalue weighted by Crippen LogP contribution is 2.47. The van der Waals surface area contributed by atoms with Crippen molar-refractivity contribution in [3.63, 3.8) is 0 Å². The maximum atomic E-state index is 13.3. The minimum absolute atomic E-state index is 0.0209. The third-order valence-corrected chi connectivity index (χ3v) is 6.55. The number of ether oxygens (including phenoxy) is 1. The molecule has 0 atom stereocenters. The molecule has 13 heteroatoms. The van der Waals surface area contributed by atoms with Gasteiger partial charge >= 0.3 is 6.18 Å². The zero-order chi connectivity index (χ0) is 24.8. The molecular weight excluding hydrogens is 495 g/mol. The number of nitrogens with zero attached hydrogens (tertiary/aromatic N) is 5. The van der Waals surface area contributed by atoms with Gasteiger partial charge in [-0.25, -0.2) is 23.4 Å². The van der Waals surface area contributed by atoms with Gasteiger partial charge in [-0.15, -0.1) is 0 Å². The minimum Gasteiger partial charge on any atom is -0.433 e. The highest BCUT2D eigenvalue weighted by atomic mass is 35.5. The predicted octanol–water partition coefficient (Wildman–Crippen LogP) is 4.98. The van der Waals surface area contributed by atoms with E-state index in [0.29, 0.717) is 29.1 Å². The van der Waals surface area contributed by atoms with E-state index in [-0.39, 0.29) is 34.6 Å². The van der Waals surface area contributed by atoms with Gasteiger partial charge in [-0.05, 0) is 38.0 Å². The Balaban J connectivity index is 1.87. The molecule has 1 saturated carbocycles. The van der Waals surface area contributed by atoms with E-state index in [0.717, 1.165) is 10.6 Å². The van der Waals surface area contributed by atoms with Crippen LogP contribution in [-0.2, 0) is 16.2 Å². The Morgan fingerprint density at radius 3 is 2.44 bits per heavy atom. The Kier molecular flexibility index (Phi) is 6.15. The van der Waals surface area contributed by atoms with Gasteiger partial charge in [-0.2, -0.15) is 13.2 Å². The van der Waals surface area contributed by atoms with E-state index in [1.165, 1.54) is 32.4 Å². The third-order valence-electron chi connectivity index (χ3n) is 5.16. The SMILES string of the molecule is Cc1nc(C(F)(F)F)nc(C2CC2)c1Oc1nc(-c2cncc(Cl)c2)ccc1N(C)S(C)(=O)=O. The molecule has 1 fully saturated rings. The molecule has 0 bridgehead atoms. The van der Waals surface area contributed by atoms with Crippen molar-refractivity contribution in [2.75, 3.05) is 17.6 Å². The number of hydrogen-bond donors (Lipinski definition) is 0. The van der Waals surface area contributed by atoms with Crippen LogP contribution in [0.1, 0.15) is 36.0 Å². The molecule has 0 aliphatic heterocycles. The quantitative estimate of drug-likeness (QED) is 0.458. The van der Waals surface area contributed by atoms with Crippen LogP contribution in [0.25, 0.3) is 11.3 Å². The lowest BCUT2D eigenvalue weighted by molar-refractivity contribution is -0.145. The Hall–Kier alpha value is -2.99. The number of pyridine rings is 2. The molecule has 1 aliphatic rings. The molecule has 0 radical (unpaired) electrons. The van der Waals surface area contributed by atoms with Crippen LogP contribution in [0.4, 0.5) is 18.9 Å². The fourth-order valence-corrected chi connectivity index (χ4v) is 3.88. The summed E-state index contributed by atoms with van der Waals surface area (Å²) in [4.78, 5) is 15.8. The van der Waals surface area contributed by atoms with Crippen molar-refractivity contribution in [2.24, 2.45) is 0 Å². The van der Waals surface area contributed by atoms with Crippen molar-refractivity contribution in [3.05, 3.63) is 52.8 Å². The van der Waals surface area contributed by atoms with Crippen molar-refractivity contribution in [1.29, 1.82) is 0 Å². The maximum Gasteiger partial charge on any atom is 0.451 e. The van der Waals surface area contributed by atoms with Gasteiger partial charge < -0.3 is 4.74 Å². The lowest BCUT2D eigenvalue weighted by atomic mass is 10.2. The molecule has 34 heavy (non-hydrogen) atoms. The van der Waals surface area contributed by atoms with Crippen LogP contribution in [0.15, 0.2) is 30.6 Å². The number of alkyl halides is 3. The molecular formula is C21H19ClF3N5O3S. The largest absolute Gasteiger partial charge is 0.451 e. The van der Waals surface area contributed by atoms with Gasteiger partial charge in [0.2, 0.25) is 21.7 Å². The summed E-state index contributed by atoms with van der Waals surface area (Å²) in [5.74, 6) is -1.58. The Morgan fingerprint density at radius 2 is 1.85 bits per heavy atom. The molecule has 180 valence electrons.